The Morgan fingerprint density at radius 2 is 1.74 bits per heavy atom. The van der Waals surface area contributed by atoms with Gasteiger partial charge in [-0.3, -0.25) is 4.90 Å². The molecule has 0 amide bonds. The predicted molar refractivity (Wildman–Crippen MR) is 84.2 cm³/mol. The van der Waals surface area contributed by atoms with Crippen LogP contribution in [0.1, 0.15) is 19.8 Å². The summed E-state index contributed by atoms with van der Waals surface area (Å²) in [5.41, 5.74) is 1.36. The third-order valence-corrected chi connectivity index (χ3v) is 4.25. The van der Waals surface area contributed by atoms with E-state index >= 15 is 0 Å². The van der Waals surface area contributed by atoms with Gasteiger partial charge >= 0.3 is 0 Å². The summed E-state index contributed by atoms with van der Waals surface area (Å²) in [6, 6.07) is 10.7. The van der Waals surface area contributed by atoms with Gasteiger partial charge < -0.3 is 4.90 Å². The van der Waals surface area contributed by atoms with Gasteiger partial charge in [0, 0.05) is 37.7 Å². The van der Waals surface area contributed by atoms with E-state index in [1.165, 1.54) is 31.7 Å². The van der Waals surface area contributed by atoms with Crippen LogP contribution in [0, 0.1) is 5.92 Å². The molecule has 0 aliphatic carbocycles. The van der Waals surface area contributed by atoms with Gasteiger partial charge in [-0.2, -0.15) is 0 Å². The second-order valence-corrected chi connectivity index (χ2v) is 5.91. The summed E-state index contributed by atoms with van der Waals surface area (Å²) in [6.45, 7) is 8.19. The zero-order valence-electron chi connectivity index (χ0n) is 11.9. The molecule has 0 aromatic heterocycles. The number of rotatable bonds is 6. The van der Waals surface area contributed by atoms with Gasteiger partial charge in [0.25, 0.3) is 0 Å². The molecule has 1 aromatic rings. The maximum atomic E-state index is 5.78. The lowest BCUT2D eigenvalue weighted by atomic mass is 10.0. The average molecular weight is 281 g/mol. The van der Waals surface area contributed by atoms with E-state index < -0.39 is 0 Å². The molecule has 3 heteroatoms. The van der Waals surface area contributed by atoms with E-state index in [1.807, 2.05) is 0 Å². The molecule has 0 saturated carbocycles. The number of piperazine rings is 1. The molecule has 0 radical (unpaired) electrons. The maximum Gasteiger partial charge on any atom is 0.0367 e. The minimum Gasteiger partial charge on any atom is -0.369 e. The van der Waals surface area contributed by atoms with Gasteiger partial charge in [-0.25, -0.2) is 0 Å². The first-order valence-corrected chi connectivity index (χ1v) is 7.91. The third kappa shape index (κ3) is 4.70. The minimum absolute atomic E-state index is 0.754. The number of halogens is 1. The maximum absolute atomic E-state index is 5.78. The van der Waals surface area contributed by atoms with Crippen molar-refractivity contribution >= 4 is 17.3 Å². The van der Waals surface area contributed by atoms with Gasteiger partial charge in [0.05, 0.1) is 0 Å². The van der Waals surface area contributed by atoms with Gasteiger partial charge in [0.15, 0.2) is 0 Å². The minimum atomic E-state index is 0.754. The van der Waals surface area contributed by atoms with Gasteiger partial charge in [-0.1, -0.05) is 25.1 Å². The number of alkyl halides is 1. The first kappa shape index (κ1) is 14.7. The van der Waals surface area contributed by atoms with E-state index in [2.05, 4.69) is 47.1 Å². The summed E-state index contributed by atoms with van der Waals surface area (Å²) < 4.78 is 0. The summed E-state index contributed by atoms with van der Waals surface area (Å²) in [4.78, 5) is 5.07. The molecule has 106 valence electrons. The Morgan fingerprint density at radius 1 is 1.05 bits per heavy atom. The smallest absolute Gasteiger partial charge is 0.0367 e. The predicted octanol–water partition coefficient (Wildman–Crippen LogP) is 3.46. The number of anilines is 1. The van der Waals surface area contributed by atoms with E-state index in [4.69, 9.17) is 11.6 Å². The van der Waals surface area contributed by atoms with Crippen LogP contribution in [0.4, 0.5) is 5.69 Å². The number of hydrogen-bond donors (Lipinski definition) is 0. The zero-order valence-corrected chi connectivity index (χ0v) is 12.6. The molecular formula is C16H25ClN2. The number of para-hydroxylation sites is 1. The highest BCUT2D eigenvalue weighted by molar-refractivity contribution is 6.17. The van der Waals surface area contributed by atoms with Crippen LogP contribution >= 0.6 is 11.6 Å². The van der Waals surface area contributed by atoms with Crippen LogP contribution in [0.3, 0.4) is 0 Å². The molecule has 0 bridgehead atoms. The molecule has 1 aromatic carbocycles. The summed E-state index contributed by atoms with van der Waals surface area (Å²) >= 11 is 5.78. The normalized spacial score (nSPS) is 18.5. The fraction of sp³-hybridized carbons (Fsp3) is 0.625. The number of hydrogen-bond acceptors (Lipinski definition) is 2. The fourth-order valence-corrected chi connectivity index (χ4v) is 2.97. The van der Waals surface area contributed by atoms with Crippen LogP contribution in [-0.4, -0.2) is 43.5 Å². The molecule has 1 aliphatic rings. The molecule has 1 aliphatic heterocycles. The Morgan fingerprint density at radius 3 is 2.37 bits per heavy atom. The van der Waals surface area contributed by atoms with Gasteiger partial charge in [0.2, 0.25) is 0 Å². The summed E-state index contributed by atoms with van der Waals surface area (Å²) in [5.74, 6) is 1.55. The van der Waals surface area contributed by atoms with Crippen molar-refractivity contribution in [3.8, 4) is 0 Å². The average Bonchev–Trinajstić information content (AvgIpc) is 2.47. The topological polar surface area (TPSA) is 6.48 Å². The first-order chi connectivity index (χ1) is 9.29. The summed E-state index contributed by atoms with van der Waals surface area (Å²) in [7, 11) is 0. The number of benzene rings is 1. The Labute approximate surface area is 122 Å². The second kappa shape index (κ2) is 7.76. The molecule has 2 nitrogen and oxygen atoms in total. The standard InChI is InChI=1S/C16H25ClN2/c1-15(7-9-17)8-10-18-11-13-19(14-12-18)16-5-3-2-4-6-16/h2-6,15H,7-14H2,1H3. The lowest BCUT2D eigenvalue weighted by Gasteiger charge is -2.36. The van der Waals surface area contributed by atoms with Crippen molar-refractivity contribution in [2.75, 3.05) is 43.5 Å². The Bertz CT molecular complexity index is 347. The molecule has 2 rings (SSSR count). The second-order valence-electron chi connectivity index (χ2n) is 5.54. The van der Waals surface area contributed by atoms with Crippen LogP contribution in [0.5, 0.6) is 0 Å². The highest BCUT2D eigenvalue weighted by Crippen LogP contribution is 2.16. The SMILES string of the molecule is CC(CCCl)CCN1CCN(c2ccccc2)CC1. The van der Waals surface area contributed by atoms with Crippen molar-refractivity contribution < 1.29 is 0 Å². The molecule has 1 fully saturated rings. The molecular weight excluding hydrogens is 256 g/mol. The molecule has 0 spiro atoms. The monoisotopic (exact) mass is 280 g/mol. The highest BCUT2D eigenvalue weighted by Gasteiger charge is 2.17. The van der Waals surface area contributed by atoms with Crippen LogP contribution in [-0.2, 0) is 0 Å². The first-order valence-electron chi connectivity index (χ1n) is 7.38. The molecule has 0 N–H and O–H groups in total. The Kier molecular flexibility index (Phi) is 5.99. The number of nitrogens with zero attached hydrogens (tertiary/aromatic N) is 2. The van der Waals surface area contributed by atoms with Gasteiger partial charge in [0.1, 0.15) is 0 Å². The van der Waals surface area contributed by atoms with Crippen LogP contribution in [0.15, 0.2) is 30.3 Å². The molecule has 1 heterocycles. The highest BCUT2D eigenvalue weighted by atomic mass is 35.5. The summed E-state index contributed by atoms with van der Waals surface area (Å²) in [5, 5.41) is 0. The van der Waals surface area contributed by atoms with Crippen molar-refractivity contribution in [1.29, 1.82) is 0 Å². The van der Waals surface area contributed by atoms with Crippen molar-refractivity contribution in [2.45, 2.75) is 19.8 Å². The third-order valence-electron chi connectivity index (χ3n) is 4.03. The van der Waals surface area contributed by atoms with Crippen molar-refractivity contribution in [3.05, 3.63) is 30.3 Å². The summed E-state index contributed by atoms with van der Waals surface area (Å²) in [6.07, 6.45) is 2.42. The van der Waals surface area contributed by atoms with Gasteiger partial charge in [-0.05, 0) is 37.4 Å². The molecule has 1 atom stereocenters. The van der Waals surface area contributed by atoms with Crippen molar-refractivity contribution in [3.63, 3.8) is 0 Å². The van der Waals surface area contributed by atoms with E-state index in [9.17, 15) is 0 Å². The van der Waals surface area contributed by atoms with Crippen molar-refractivity contribution in [1.82, 2.24) is 4.90 Å². The molecule has 1 unspecified atom stereocenters. The van der Waals surface area contributed by atoms with Crippen molar-refractivity contribution in [2.24, 2.45) is 5.92 Å². The van der Waals surface area contributed by atoms with Gasteiger partial charge in [-0.15, -0.1) is 11.6 Å². The van der Waals surface area contributed by atoms with Crippen LogP contribution in [0.25, 0.3) is 0 Å². The zero-order chi connectivity index (χ0) is 13.5. The van der Waals surface area contributed by atoms with E-state index in [0.29, 0.717) is 0 Å². The molecule has 19 heavy (non-hydrogen) atoms. The van der Waals surface area contributed by atoms with Crippen LogP contribution in [0.2, 0.25) is 0 Å². The van der Waals surface area contributed by atoms with E-state index in [1.54, 1.807) is 0 Å². The molecule has 1 saturated heterocycles. The lowest BCUT2D eigenvalue weighted by molar-refractivity contribution is 0.240. The fourth-order valence-electron chi connectivity index (χ4n) is 2.60. The van der Waals surface area contributed by atoms with E-state index in [-0.39, 0.29) is 0 Å². The lowest BCUT2D eigenvalue weighted by Crippen LogP contribution is -2.46. The Balaban J connectivity index is 1.71. The van der Waals surface area contributed by atoms with Crippen LogP contribution < -0.4 is 4.90 Å². The quantitative estimate of drug-likeness (QED) is 0.737. The van der Waals surface area contributed by atoms with E-state index in [0.717, 1.165) is 31.3 Å². The largest absolute Gasteiger partial charge is 0.369 e. The Hall–Kier alpha value is -0.730.